The Labute approximate surface area is 276 Å². The van der Waals surface area contributed by atoms with Crippen LogP contribution in [0.25, 0.3) is 0 Å². The van der Waals surface area contributed by atoms with Crippen molar-refractivity contribution in [2.45, 2.75) is 42.2 Å². The SMILES string of the molecule is COc1ccc(F)cc1S(=O)(=O)N1CCS[C@H]1C(=O)O[C@@H](Cc1c(Cl)c[n+]([O-])cc1Cl)c1ccc(OC(F)F)c(OCC2CC2)c1. The number of hydrogen-bond donors (Lipinski definition) is 0. The summed E-state index contributed by atoms with van der Waals surface area (Å²) in [6, 6.07) is 7.01. The van der Waals surface area contributed by atoms with Crippen LogP contribution in [0.2, 0.25) is 10.0 Å². The zero-order chi connectivity index (χ0) is 33.2. The first kappa shape index (κ1) is 34.2. The summed E-state index contributed by atoms with van der Waals surface area (Å²) < 4.78 is 90.5. The van der Waals surface area contributed by atoms with Gasteiger partial charge in [0, 0.05) is 24.3 Å². The van der Waals surface area contributed by atoms with Crippen LogP contribution in [0.3, 0.4) is 0 Å². The highest BCUT2D eigenvalue weighted by Gasteiger charge is 2.43. The Morgan fingerprint density at radius 1 is 1.11 bits per heavy atom. The minimum absolute atomic E-state index is 0.0222. The van der Waals surface area contributed by atoms with Gasteiger partial charge in [-0.25, -0.2) is 17.6 Å². The fourth-order valence-electron chi connectivity index (χ4n) is 4.73. The van der Waals surface area contributed by atoms with E-state index >= 15 is 0 Å². The molecule has 2 aromatic carbocycles. The molecule has 0 unspecified atom stereocenters. The lowest BCUT2D eigenvalue weighted by atomic mass is 10.0. The number of hydrogen-bond acceptors (Lipinski definition) is 9. The minimum Gasteiger partial charge on any atom is -0.619 e. The summed E-state index contributed by atoms with van der Waals surface area (Å²) in [6.07, 6.45) is 2.55. The monoisotopic (exact) mass is 722 g/mol. The number of benzene rings is 2. The molecule has 2 heterocycles. The van der Waals surface area contributed by atoms with Crippen molar-refractivity contribution in [1.82, 2.24) is 4.31 Å². The van der Waals surface area contributed by atoms with Crippen LogP contribution in [-0.4, -0.2) is 56.7 Å². The molecule has 17 heteroatoms. The molecule has 248 valence electrons. The zero-order valence-corrected chi connectivity index (χ0v) is 27.2. The average molecular weight is 724 g/mol. The number of thioether (sulfide) groups is 1. The van der Waals surface area contributed by atoms with Crippen molar-refractivity contribution in [2.75, 3.05) is 26.0 Å². The molecule has 2 aliphatic rings. The number of nitrogens with zero attached hydrogens (tertiary/aromatic N) is 2. The number of alkyl halides is 2. The van der Waals surface area contributed by atoms with Crippen molar-refractivity contribution < 1.29 is 50.1 Å². The van der Waals surface area contributed by atoms with Crippen LogP contribution < -0.4 is 18.9 Å². The Bertz CT molecular complexity index is 1690. The lowest BCUT2D eigenvalue weighted by Gasteiger charge is -2.26. The van der Waals surface area contributed by atoms with Crippen molar-refractivity contribution >= 4 is 51.0 Å². The molecule has 46 heavy (non-hydrogen) atoms. The zero-order valence-electron chi connectivity index (χ0n) is 24.0. The van der Waals surface area contributed by atoms with E-state index in [1.807, 2.05) is 0 Å². The number of sulfonamides is 1. The van der Waals surface area contributed by atoms with Gasteiger partial charge in [-0.3, -0.25) is 0 Å². The first-order valence-corrected chi connectivity index (χ1v) is 17.1. The number of aromatic nitrogens is 1. The number of ether oxygens (including phenoxy) is 4. The van der Waals surface area contributed by atoms with E-state index in [4.69, 9.17) is 37.4 Å². The molecule has 1 aliphatic heterocycles. The van der Waals surface area contributed by atoms with Crippen molar-refractivity contribution in [3.8, 4) is 17.2 Å². The number of pyridine rings is 1. The van der Waals surface area contributed by atoms with Crippen LogP contribution in [0.5, 0.6) is 17.2 Å². The number of rotatable bonds is 13. The van der Waals surface area contributed by atoms with Gasteiger partial charge < -0.3 is 24.2 Å². The minimum atomic E-state index is -4.45. The van der Waals surface area contributed by atoms with E-state index in [1.54, 1.807) is 0 Å². The fraction of sp³-hybridized carbons (Fsp3) is 0.379. The lowest BCUT2D eigenvalue weighted by molar-refractivity contribution is -0.605. The van der Waals surface area contributed by atoms with E-state index in [9.17, 15) is 31.6 Å². The first-order valence-electron chi connectivity index (χ1n) is 13.8. The predicted molar refractivity (Wildman–Crippen MR) is 162 cm³/mol. The summed E-state index contributed by atoms with van der Waals surface area (Å²) in [5, 5.41) is 10.4. The Hall–Kier alpha value is -3.11. The molecule has 2 atom stereocenters. The molecule has 1 aliphatic carbocycles. The summed E-state index contributed by atoms with van der Waals surface area (Å²) in [6.45, 7) is -2.97. The molecule has 2 fully saturated rings. The number of halogens is 5. The van der Waals surface area contributed by atoms with Gasteiger partial charge >= 0.3 is 12.6 Å². The molecular formula is C29H27Cl2F3N2O8S2. The summed E-state index contributed by atoms with van der Waals surface area (Å²) in [4.78, 5) is 13.3. The smallest absolute Gasteiger partial charge is 0.387 e. The second-order valence-corrected chi connectivity index (χ2v) is 14.3. The van der Waals surface area contributed by atoms with Gasteiger partial charge in [0.25, 0.3) is 0 Å². The molecule has 1 aromatic heterocycles. The summed E-state index contributed by atoms with van der Waals surface area (Å²) in [7, 11) is -3.22. The number of carbonyl (C=O) groups is 1. The third-order valence-electron chi connectivity index (χ3n) is 7.20. The van der Waals surface area contributed by atoms with Crippen LogP contribution in [-0.2, 0) is 26.0 Å². The molecule has 0 N–H and O–H groups in total. The normalized spacial score (nSPS) is 17.6. The Kier molecular flexibility index (Phi) is 10.7. The number of carbonyl (C=O) groups excluding carboxylic acids is 1. The topological polar surface area (TPSA) is 118 Å². The van der Waals surface area contributed by atoms with E-state index in [2.05, 4.69) is 4.74 Å². The standard InChI is InChI=1S/C29H27Cl2F3N2O8S2/c1-41-23-7-5-18(32)11-26(23)46(39,40)36-8-9-45-27(36)28(37)43-24(12-19-20(30)13-35(38)14-21(19)31)17-4-6-22(44-29(33)34)25(10-17)42-15-16-2-3-16/h4-7,10-11,13-14,16,24,27,29H,2-3,8-9,12,15H2,1H3/t24-,27-/m0/s1. The van der Waals surface area contributed by atoms with E-state index < -0.39 is 44.8 Å². The first-order chi connectivity index (χ1) is 21.9. The highest BCUT2D eigenvalue weighted by Crippen LogP contribution is 2.40. The van der Waals surface area contributed by atoms with Gasteiger partial charge in [-0.2, -0.15) is 17.8 Å². The molecular weight excluding hydrogens is 696 g/mol. The summed E-state index contributed by atoms with van der Waals surface area (Å²) >= 11 is 13.6. The molecule has 3 aromatic rings. The molecule has 1 saturated carbocycles. The number of methoxy groups -OCH3 is 1. The molecule has 10 nitrogen and oxygen atoms in total. The molecule has 0 spiro atoms. The van der Waals surface area contributed by atoms with Crippen molar-refractivity contribution in [3.05, 3.63) is 81.0 Å². The van der Waals surface area contributed by atoms with Crippen LogP contribution in [0.4, 0.5) is 13.2 Å². The quantitative estimate of drug-likeness (QED) is 0.123. The maximum absolute atomic E-state index is 14.1. The van der Waals surface area contributed by atoms with Gasteiger partial charge in [-0.15, -0.1) is 11.8 Å². The maximum Gasteiger partial charge on any atom is 0.387 e. The third kappa shape index (κ3) is 7.88. The Balaban J connectivity index is 1.49. The molecule has 0 amide bonds. The Morgan fingerprint density at radius 3 is 2.46 bits per heavy atom. The van der Waals surface area contributed by atoms with E-state index in [-0.39, 0.29) is 69.7 Å². The number of esters is 1. The predicted octanol–water partition coefficient (Wildman–Crippen LogP) is 5.76. The van der Waals surface area contributed by atoms with E-state index in [0.717, 1.165) is 59.5 Å². The second-order valence-electron chi connectivity index (χ2n) is 10.4. The Morgan fingerprint density at radius 2 is 1.80 bits per heavy atom. The summed E-state index contributed by atoms with van der Waals surface area (Å²) in [5.41, 5.74) is 0.491. The highest BCUT2D eigenvalue weighted by atomic mass is 35.5. The molecule has 0 bridgehead atoms. The maximum atomic E-state index is 14.1. The van der Waals surface area contributed by atoms with Gasteiger partial charge in [0.05, 0.1) is 13.7 Å². The van der Waals surface area contributed by atoms with E-state index in [1.165, 1.54) is 25.3 Å². The van der Waals surface area contributed by atoms with Crippen molar-refractivity contribution in [1.29, 1.82) is 0 Å². The molecule has 5 rings (SSSR count). The van der Waals surface area contributed by atoms with E-state index in [0.29, 0.717) is 4.73 Å². The molecule has 0 radical (unpaired) electrons. The van der Waals surface area contributed by atoms with Crippen molar-refractivity contribution in [3.63, 3.8) is 0 Å². The van der Waals surface area contributed by atoms with Gasteiger partial charge in [0.2, 0.25) is 10.0 Å². The van der Waals surface area contributed by atoms with Gasteiger partial charge in [0.15, 0.2) is 29.3 Å². The van der Waals surface area contributed by atoms with Gasteiger partial charge in [-0.1, -0.05) is 29.3 Å². The highest BCUT2D eigenvalue weighted by molar-refractivity contribution is 8.02. The largest absolute Gasteiger partial charge is 0.619 e. The van der Waals surface area contributed by atoms with Gasteiger partial charge in [-0.05, 0) is 54.7 Å². The van der Waals surface area contributed by atoms with Crippen LogP contribution >= 0.6 is 35.0 Å². The van der Waals surface area contributed by atoms with Crippen LogP contribution in [0, 0.1) is 16.9 Å². The average Bonchev–Trinajstić information content (AvgIpc) is 3.69. The summed E-state index contributed by atoms with van der Waals surface area (Å²) in [5.74, 6) is -1.67. The van der Waals surface area contributed by atoms with Gasteiger partial charge in [0.1, 0.15) is 32.6 Å². The second kappa shape index (κ2) is 14.3. The lowest BCUT2D eigenvalue weighted by Crippen LogP contribution is -2.41. The molecule has 1 saturated heterocycles. The van der Waals surface area contributed by atoms with Crippen molar-refractivity contribution in [2.24, 2.45) is 5.92 Å². The third-order valence-corrected chi connectivity index (χ3v) is 11.0. The van der Waals surface area contributed by atoms with Crippen LogP contribution in [0.1, 0.15) is 30.1 Å². The van der Waals surface area contributed by atoms with Crippen LogP contribution in [0.15, 0.2) is 53.7 Å². The fourth-order valence-corrected chi connectivity index (χ4v) is 8.54.